The van der Waals surface area contributed by atoms with Crippen LogP contribution in [0.15, 0.2) is 0 Å². The van der Waals surface area contributed by atoms with Gasteiger partial charge in [-0.05, 0) is 58.2 Å². The van der Waals surface area contributed by atoms with Crippen LogP contribution in [0.4, 0.5) is 0 Å². The Labute approximate surface area is 111 Å². The Hall–Kier alpha value is -0.610. The lowest BCUT2D eigenvalue weighted by atomic mass is 9.89. The number of amides is 1. The number of carbonyl (C=O) groups excluding carboxylic acids is 1. The van der Waals surface area contributed by atoms with E-state index >= 15 is 0 Å². The largest absolute Gasteiger partial charge is 0.345 e. The van der Waals surface area contributed by atoms with E-state index in [9.17, 15) is 4.79 Å². The molecule has 0 spiro atoms. The molecule has 2 aliphatic rings. The van der Waals surface area contributed by atoms with Crippen molar-refractivity contribution in [2.24, 2.45) is 5.92 Å². The highest BCUT2D eigenvalue weighted by molar-refractivity contribution is 5.78. The van der Waals surface area contributed by atoms with Crippen LogP contribution >= 0.6 is 0 Å². The molecule has 0 radical (unpaired) electrons. The Kier molecular flexibility index (Phi) is 5.01. The van der Waals surface area contributed by atoms with Crippen LogP contribution in [0, 0.1) is 5.92 Å². The molecule has 2 aliphatic heterocycles. The molecule has 2 rings (SSSR count). The first-order valence-corrected chi connectivity index (χ1v) is 7.41. The van der Waals surface area contributed by atoms with Gasteiger partial charge in [0.1, 0.15) is 0 Å². The van der Waals surface area contributed by atoms with Gasteiger partial charge >= 0.3 is 0 Å². The molecule has 0 aromatic carbocycles. The third-order valence-corrected chi connectivity index (χ3v) is 4.58. The molecule has 4 nitrogen and oxygen atoms in total. The van der Waals surface area contributed by atoms with E-state index in [1.165, 1.54) is 25.7 Å². The fraction of sp³-hybridized carbons (Fsp3) is 0.929. The summed E-state index contributed by atoms with van der Waals surface area (Å²) in [7, 11) is 1.90. The second kappa shape index (κ2) is 6.53. The van der Waals surface area contributed by atoms with E-state index in [0.29, 0.717) is 12.6 Å². The van der Waals surface area contributed by atoms with Gasteiger partial charge in [-0.1, -0.05) is 0 Å². The first kappa shape index (κ1) is 13.8. The second-order valence-electron chi connectivity index (χ2n) is 5.68. The number of likely N-dealkylation sites (N-methyl/N-ethyl adjacent to an activating group) is 1. The van der Waals surface area contributed by atoms with Crippen molar-refractivity contribution in [3.63, 3.8) is 0 Å². The van der Waals surface area contributed by atoms with Gasteiger partial charge in [0.15, 0.2) is 0 Å². The summed E-state index contributed by atoms with van der Waals surface area (Å²) in [5.41, 5.74) is 0. The monoisotopic (exact) mass is 253 g/mol. The third-order valence-electron chi connectivity index (χ3n) is 4.58. The van der Waals surface area contributed by atoms with E-state index in [4.69, 9.17) is 0 Å². The van der Waals surface area contributed by atoms with Gasteiger partial charge in [0.2, 0.25) is 5.91 Å². The number of carbonyl (C=O) groups is 1. The maximum atomic E-state index is 12.0. The van der Waals surface area contributed by atoms with Crippen LogP contribution in [0.25, 0.3) is 0 Å². The quantitative estimate of drug-likeness (QED) is 0.809. The molecular formula is C14H27N3O. The summed E-state index contributed by atoms with van der Waals surface area (Å²) in [5.74, 6) is 1.08. The zero-order valence-corrected chi connectivity index (χ0v) is 11.8. The summed E-state index contributed by atoms with van der Waals surface area (Å²) in [6, 6.07) is 0.654. The van der Waals surface area contributed by atoms with Crippen LogP contribution < -0.4 is 5.32 Å². The summed E-state index contributed by atoms with van der Waals surface area (Å²) < 4.78 is 0. The molecule has 4 heteroatoms. The van der Waals surface area contributed by atoms with Gasteiger partial charge in [-0.25, -0.2) is 0 Å². The lowest BCUT2D eigenvalue weighted by Crippen LogP contribution is -2.45. The Morgan fingerprint density at radius 2 is 2.06 bits per heavy atom. The molecule has 0 aromatic heterocycles. The fourth-order valence-electron chi connectivity index (χ4n) is 3.28. The lowest BCUT2D eigenvalue weighted by molar-refractivity contribution is -0.131. The number of nitrogens with zero attached hydrogens (tertiary/aromatic N) is 2. The van der Waals surface area contributed by atoms with Crippen LogP contribution in [0.2, 0.25) is 0 Å². The Bertz CT molecular complexity index is 276. The van der Waals surface area contributed by atoms with Crippen LogP contribution in [-0.2, 0) is 4.79 Å². The maximum absolute atomic E-state index is 12.0. The van der Waals surface area contributed by atoms with Gasteiger partial charge in [0.05, 0.1) is 6.54 Å². The van der Waals surface area contributed by atoms with Gasteiger partial charge in [-0.15, -0.1) is 0 Å². The summed E-state index contributed by atoms with van der Waals surface area (Å²) in [5, 5.41) is 3.43. The number of hydrogen-bond acceptors (Lipinski definition) is 3. The van der Waals surface area contributed by atoms with Crippen LogP contribution in [0.1, 0.15) is 32.6 Å². The molecule has 18 heavy (non-hydrogen) atoms. The number of hydrogen-bond donors (Lipinski definition) is 1. The zero-order chi connectivity index (χ0) is 13.0. The highest BCUT2D eigenvalue weighted by Gasteiger charge is 2.33. The SMILES string of the molecule is CCN(C)C(=O)CN1CCCC1C1CCNCC1. The summed E-state index contributed by atoms with van der Waals surface area (Å²) in [6.45, 7) is 6.88. The molecule has 1 unspecified atom stereocenters. The molecule has 0 aliphatic carbocycles. The average molecular weight is 253 g/mol. The summed E-state index contributed by atoms with van der Waals surface area (Å²) >= 11 is 0. The molecule has 2 fully saturated rings. The maximum Gasteiger partial charge on any atom is 0.236 e. The van der Waals surface area contributed by atoms with E-state index in [-0.39, 0.29) is 5.91 Å². The highest BCUT2D eigenvalue weighted by Crippen LogP contribution is 2.29. The molecule has 0 aromatic rings. The molecule has 2 heterocycles. The molecule has 2 saturated heterocycles. The summed E-state index contributed by atoms with van der Waals surface area (Å²) in [4.78, 5) is 16.3. The van der Waals surface area contributed by atoms with Crippen LogP contribution in [-0.4, -0.2) is 61.5 Å². The van der Waals surface area contributed by atoms with Crippen molar-refractivity contribution in [2.75, 3.05) is 39.8 Å². The highest BCUT2D eigenvalue weighted by atomic mass is 16.2. The van der Waals surface area contributed by atoms with E-state index in [2.05, 4.69) is 10.2 Å². The van der Waals surface area contributed by atoms with Crippen molar-refractivity contribution in [3.8, 4) is 0 Å². The summed E-state index contributed by atoms with van der Waals surface area (Å²) in [6.07, 6.45) is 5.10. The third kappa shape index (κ3) is 3.23. The topological polar surface area (TPSA) is 35.6 Å². The minimum absolute atomic E-state index is 0.276. The fourth-order valence-corrected chi connectivity index (χ4v) is 3.28. The smallest absolute Gasteiger partial charge is 0.236 e. The molecule has 0 bridgehead atoms. The van der Waals surface area contributed by atoms with Crippen molar-refractivity contribution < 1.29 is 4.79 Å². The molecule has 104 valence electrons. The molecule has 1 amide bonds. The second-order valence-corrected chi connectivity index (χ2v) is 5.68. The van der Waals surface area contributed by atoms with Gasteiger partial charge in [-0.3, -0.25) is 9.69 Å². The number of rotatable bonds is 4. The minimum atomic E-state index is 0.276. The van der Waals surface area contributed by atoms with Gasteiger partial charge in [0, 0.05) is 19.6 Å². The van der Waals surface area contributed by atoms with Crippen molar-refractivity contribution in [3.05, 3.63) is 0 Å². The average Bonchev–Trinajstić information content (AvgIpc) is 2.86. The number of piperidine rings is 1. The van der Waals surface area contributed by atoms with Gasteiger partial charge in [-0.2, -0.15) is 0 Å². The normalized spacial score (nSPS) is 26.4. The standard InChI is InChI=1S/C14H27N3O/c1-3-16(2)14(18)11-17-10-4-5-13(17)12-6-8-15-9-7-12/h12-13,15H,3-11H2,1-2H3. The first-order chi connectivity index (χ1) is 8.72. The molecule has 0 saturated carbocycles. The van der Waals surface area contributed by atoms with Crippen LogP contribution in [0.5, 0.6) is 0 Å². The number of nitrogens with one attached hydrogen (secondary N) is 1. The van der Waals surface area contributed by atoms with E-state index < -0.39 is 0 Å². The van der Waals surface area contributed by atoms with Crippen molar-refractivity contribution in [1.29, 1.82) is 0 Å². The number of likely N-dealkylation sites (tertiary alicyclic amines) is 1. The van der Waals surface area contributed by atoms with E-state index in [1.54, 1.807) is 0 Å². The van der Waals surface area contributed by atoms with Crippen molar-refractivity contribution >= 4 is 5.91 Å². The minimum Gasteiger partial charge on any atom is -0.345 e. The zero-order valence-electron chi connectivity index (χ0n) is 11.8. The van der Waals surface area contributed by atoms with Crippen LogP contribution in [0.3, 0.4) is 0 Å². The lowest BCUT2D eigenvalue weighted by Gasteiger charge is -2.34. The van der Waals surface area contributed by atoms with E-state index in [0.717, 1.165) is 32.1 Å². The Morgan fingerprint density at radius 1 is 1.33 bits per heavy atom. The molecule has 1 atom stereocenters. The predicted octanol–water partition coefficient (Wildman–Crippen LogP) is 0.929. The van der Waals surface area contributed by atoms with E-state index in [1.807, 2.05) is 18.9 Å². The van der Waals surface area contributed by atoms with Gasteiger partial charge < -0.3 is 10.2 Å². The molecule has 1 N–H and O–H groups in total. The molecular weight excluding hydrogens is 226 g/mol. The van der Waals surface area contributed by atoms with Gasteiger partial charge in [0.25, 0.3) is 0 Å². The van der Waals surface area contributed by atoms with Crippen molar-refractivity contribution in [2.45, 2.75) is 38.6 Å². The Morgan fingerprint density at radius 3 is 2.72 bits per heavy atom. The first-order valence-electron chi connectivity index (χ1n) is 7.41. The Balaban J connectivity index is 1.88. The predicted molar refractivity (Wildman–Crippen MR) is 73.5 cm³/mol. The van der Waals surface area contributed by atoms with Crippen molar-refractivity contribution in [1.82, 2.24) is 15.1 Å².